The van der Waals surface area contributed by atoms with Crippen molar-refractivity contribution >= 4 is 57.0 Å². The van der Waals surface area contributed by atoms with E-state index in [1.165, 1.54) is 20.9 Å². The number of benzene rings is 4. The second-order valence-electron chi connectivity index (χ2n) is 8.74. The SMILES string of the molecule is c1ccc(C2CSC(Nc3ccc(Sc4ccc(NC5=NC(c6ccccc6)CS5)cc4)cc3)=N2)cc1. The molecule has 0 aromatic heterocycles. The number of hydrogen-bond donors (Lipinski definition) is 2. The fourth-order valence-electron chi connectivity index (χ4n) is 4.17. The number of hydrogen-bond acceptors (Lipinski definition) is 7. The molecule has 0 saturated heterocycles. The van der Waals surface area contributed by atoms with Gasteiger partial charge in [-0.15, -0.1) is 0 Å². The first kappa shape index (κ1) is 24.2. The molecular formula is C30H26N4S3. The Kier molecular flexibility index (Phi) is 7.53. The lowest BCUT2D eigenvalue weighted by atomic mass is 10.1. The standard InChI is InChI=1S/C30H26N4S3/c1-3-7-21(8-4-1)27-19-35-29(33-27)31-23-11-15-25(16-12-23)37-26-17-13-24(14-18-26)32-30-34-28(20-36-30)22-9-5-2-6-10-22/h1-18,27-28H,19-20H2,(H,31,33)(H,32,34). The Balaban J connectivity index is 1.02. The zero-order valence-electron chi connectivity index (χ0n) is 20.1. The van der Waals surface area contributed by atoms with Crippen molar-refractivity contribution in [3.8, 4) is 0 Å². The largest absolute Gasteiger partial charge is 0.335 e. The van der Waals surface area contributed by atoms with Crippen LogP contribution in [0.5, 0.6) is 0 Å². The van der Waals surface area contributed by atoms with Gasteiger partial charge in [-0.3, -0.25) is 9.98 Å². The third kappa shape index (κ3) is 6.24. The van der Waals surface area contributed by atoms with Crippen molar-refractivity contribution < 1.29 is 0 Å². The van der Waals surface area contributed by atoms with Crippen LogP contribution in [0.2, 0.25) is 0 Å². The molecule has 7 heteroatoms. The Morgan fingerprint density at radius 3 is 1.35 bits per heavy atom. The molecule has 37 heavy (non-hydrogen) atoms. The van der Waals surface area contributed by atoms with E-state index < -0.39 is 0 Å². The lowest BCUT2D eigenvalue weighted by molar-refractivity contribution is 0.849. The minimum atomic E-state index is 0.227. The predicted molar refractivity (Wildman–Crippen MR) is 162 cm³/mol. The molecule has 6 rings (SSSR count). The Hall–Kier alpha value is -3.13. The normalized spacial score (nSPS) is 18.8. The monoisotopic (exact) mass is 538 g/mol. The van der Waals surface area contributed by atoms with Crippen LogP contribution in [0.1, 0.15) is 23.2 Å². The molecule has 0 radical (unpaired) electrons. The maximum Gasteiger partial charge on any atom is 0.161 e. The topological polar surface area (TPSA) is 48.8 Å². The maximum absolute atomic E-state index is 4.86. The molecule has 4 aromatic rings. The van der Waals surface area contributed by atoms with Gasteiger partial charge in [-0.25, -0.2) is 0 Å². The lowest BCUT2D eigenvalue weighted by Gasteiger charge is -2.08. The number of anilines is 2. The van der Waals surface area contributed by atoms with Gasteiger partial charge in [-0.1, -0.05) is 95.9 Å². The summed E-state index contributed by atoms with van der Waals surface area (Å²) in [6.07, 6.45) is 0. The molecule has 4 aromatic carbocycles. The highest BCUT2D eigenvalue weighted by atomic mass is 32.2. The molecule has 0 amide bonds. The van der Waals surface area contributed by atoms with Crippen molar-refractivity contribution in [2.75, 3.05) is 22.1 Å². The first-order valence-electron chi connectivity index (χ1n) is 12.2. The van der Waals surface area contributed by atoms with Crippen molar-refractivity contribution in [2.45, 2.75) is 21.9 Å². The zero-order chi connectivity index (χ0) is 24.9. The number of amidine groups is 2. The summed E-state index contributed by atoms with van der Waals surface area (Å²) in [5.41, 5.74) is 4.66. The van der Waals surface area contributed by atoms with Crippen LogP contribution in [0.25, 0.3) is 0 Å². The van der Waals surface area contributed by atoms with Gasteiger partial charge < -0.3 is 10.6 Å². The third-order valence-electron chi connectivity index (χ3n) is 6.12. The van der Waals surface area contributed by atoms with Crippen molar-refractivity contribution in [2.24, 2.45) is 9.98 Å². The minimum Gasteiger partial charge on any atom is -0.335 e. The van der Waals surface area contributed by atoms with Crippen molar-refractivity contribution in [3.05, 3.63) is 120 Å². The molecule has 2 heterocycles. The van der Waals surface area contributed by atoms with Gasteiger partial charge in [-0.05, 0) is 59.7 Å². The van der Waals surface area contributed by atoms with Crippen LogP contribution in [-0.4, -0.2) is 21.8 Å². The van der Waals surface area contributed by atoms with Gasteiger partial charge in [0.05, 0.1) is 12.1 Å². The first-order valence-corrected chi connectivity index (χ1v) is 15.0. The highest BCUT2D eigenvalue weighted by Gasteiger charge is 2.21. The van der Waals surface area contributed by atoms with Crippen LogP contribution >= 0.6 is 35.3 Å². The minimum absolute atomic E-state index is 0.227. The van der Waals surface area contributed by atoms with Gasteiger partial charge in [-0.2, -0.15) is 0 Å². The molecule has 4 nitrogen and oxygen atoms in total. The fraction of sp³-hybridized carbons (Fsp3) is 0.133. The molecule has 2 N–H and O–H groups in total. The number of aliphatic imine (C=N–C) groups is 2. The summed E-state index contributed by atoms with van der Waals surface area (Å²) in [4.78, 5) is 12.1. The van der Waals surface area contributed by atoms with Gasteiger partial charge in [0.25, 0.3) is 0 Å². The van der Waals surface area contributed by atoms with Crippen LogP contribution < -0.4 is 10.6 Å². The van der Waals surface area contributed by atoms with Crippen LogP contribution in [-0.2, 0) is 0 Å². The van der Waals surface area contributed by atoms with Crippen LogP contribution in [0, 0.1) is 0 Å². The van der Waals surface area contributed by atoms with Gasteiger partial charge in [0.2, 0.25) is 0 Å². The Bertz CT molecular complexity index is 1280. The molecule has 184 valence electrons. The second-order valence-corrected chi connectivity index (χ2v) is 11.9. The summed E-state index contributed by atoms with van der Waals surface area (Å²) < 4.78 is 0. The molecule has 0 saturated carbocycles. The van der Waals surface area contributed by atoms with E-state index in [-0.39, 0.29) is 12.1 Å². The number of nitrogens with zero attached hydrogens (tertiary/aromatic N) is 2. The molecular weight excluding hydrogens is 513 g/mol. The molecule has 2 aliphatic heterocycles. The average Bonchev–Trinajstić information content (AvgIpc) is 3.62. The van der Waals surface area contributed by atoms with Crippen molar-refractivity contribution in [3.63, 3.8) is 0 Å². The van der Waals surface area contributed by atoms with Crippen molar-refractivity contribution in [1.29, 1.82) is 0 Å². The van der Waals surface area contributed by atoms with Gasteiger partial charge in [0, 0.05) is 32.7 Å². The number of thioether (sulfide) groups is 2. The molecule has 2 unspecified atom stereocenters. The number of rotatable bonds is 6. The Morgan fingerprint density at radius 2 is 0.946 bits per heavy atom. The van der Waals surface area contributed by atoms with Crippen LogP contribution in [0.4, 0.5) is 11.4 Å². The molecule has 0 aliphatic carbocycles. The van der Waals surface area contributed by atoms with E-state index in [0.29, 0.717) is 0 Å². The van der Waals surface area contributed by atoms with E-state index >= 15 is 0 Å². The van der Waals surface area contributed by atoms with E-state index in [9.17, 15) is 0 Å². The molecule has 0 spiro atoms. The average molecular weight is 539 g/mol. The second kappa shape index (κ2) is 11.5. The quantitative estimate of drug-likeness (QED) is 0.258. The van der Waals surface area contributed by atoms with Crippen LogP contribution in [0.15, 0.2) is 129 Å². The first-order chi connectivity index (χ1) is 18.3. The lowest BCUT2D eigenvalue weighted by Crippen LogP contribution is -2.04. The van der Waals surface area contributed by atoms with Crippen LogP contribution in [0.3, 0.4) is 0 Å². The van der Waals surface area contributed by atoms with E-state index in [1.807, 2.05) is 12.1 Å². The van der Waals surface area contributed by atoms with E-state index in [4.69, 9.17) is 9.98 Å². The highest BCUT2D eigenvalue weighted by molar-refractivity contribution is 8.14. The zero-order valence-corrected chi connectivity index (χ0v) is 22.5. The molecule has 0 bridgehead atoms. The third-order valence-corrected chi connectivity index (χ3v) is 9.06. The van der Waals surface area contributed by atoms with Gasteiger partial charge >= 0.3 is 0 Å². The fourth-order valence-corrected chi connectivity index (χ4v) is 6.94. The Morgan fingerprint density at radius 1 is 0.541 bits per heavy atom. The summed E-state index contributed by atoms with van der Waals surface area (Å²) in [6.45, 7) is 0. The summed E-state index contributed by atoms with van der Waals surface area (Å²) in [7, 11) is 0. The van der Waals surface area contributed by atoms with E-state index in [2.05, 4.69) is 108 Å². The van der Waals surface area contributed by atoms with Gasteiger partial charge in [0.1, 0.15) is 0 Å². The summed E-state index contributed by atoms with van der Waals surface area (Å²) >= 11 is 5.31. The Labute approximate surface area is 230 Å². The molecule has 2 aliphatic rings. The van der Waals surface area contributed by atoms with Gasteiger partial charge in [0.15, 0.2) is 10.3 Å². The summed E-state index contributed by atoms with van der Waals surface area (Å²) in [5, 5.41) is 8.91. The predicted octanol–water partition coefficient (Wildman–Crippen LogP) is 8.35. The maximum atomic E-state index is 4.86. The number of nitrogens with one attached hydrogen (secondary N) is 2. The van der Waals surface area contributed by atoms with Crippen molar-refractivity contribution in [1.82, 2.24) is 0 Å². The summed E-state index contributed by atoms with van der Waals surface area (Å²) in [5.74, 6) is 1.95. The van der Waals surface area contributed by atoms with E-state index in [1.54, 1.807) is 35.3 Å². The molecule has 0 fully saturated rings. The smallest absolute Gasteiger partial charge is 0.161 e. The molecule has 2 atom stereocenters. The summed E-state index contributed by atoms with van der Waals surface area (Å²) in [6, 6.07) is 38.5. The van der Waals surface area contributed by atoms with E-state index in [0.717, 1.165) is 33.2 Å². The highest BCUT2D eigenvalue weighted by Crippen LogP contribution is 2.34.